The van der Waals surface area contributed by atoms with Crippen molar-refractivity contribution in [1.29, 1.82) is 0 Å². The van der Waals surface area contributed by atoms with Gasteiger partial charge in [-0.2, -0.15) is 0 Å². The van der Waals surface area contributed by atoms with Gasteiger partial charge in [0.15, 0.2) is 0 Å². The van der Waals surface area contributed by atoms with E-state index >= 15 is 0 Å². The molecule has 2 N–H and O–H groups in total. The average molecular weight is 307 g/mol. The second-order valence-corrected chi connectivity index (χ2v) is 4.92. The molecule has 1 saturated heterocycles. The lowest BCUT2D eigenvalue weighted by Crippen LogP contribution is -2.49. The SMILES string of the molecule is CC(=O)NCC1CN(C(=O)c2ccc(C(=O)O)nc2)CCO1. The maximum atomic E-state index is 12.4. The fourth-order valence-corrected chi connectivity index (χ4v) is 2.11. The first kappa shape index (κ1) is 15.9. The zero-order valence-electron chi connectivity index (χ0n) is 12.1. The van der Waals surface area contributed by atoms with Crippen LogP contribution in [0.4, 0.5) is 0 Å². The second kappa shape index (κ2) is 6.99. The van der Waals surface area contributed by atoms with E-state index in [9.17, 15) is 14.4 Å². The summed E-state index contributed by atoms with van der Waals surface area (Å²) in [5, 5.41) is 11.4. The molecule has 0 aliphatic carbocycles. The van der Waals surface area contributed by atoms with Crippen LogP contribution < -0.4 is 5.32 Å². The molecule has 0 spiro atoms. The fraction of sp³-hybridized carbons (Fsp3) is 0.429. The molecule has 1 aliphatic heterocycles. The molecule has 2 heterocycles. The van der Waals surface area contributed by atoms with Gasteiger partial charge in [-0.1, -0.05) is 0 Å². The van der Waals surface area contributed by atoms with E-state index in [2.05, 4.69) is 10.3 Å². The number of rotatable bonds is 4. The number of amides is 2. The number of carboxylic acid groups (broad SMARTS) is 1. The highest BCUT2D eigenvalue weighted by Gasteiger charge is 2.25. The molecule has 0 saturated carbocycles. The predicted molar refractivity (Wildman–Crippen MR) is 75.5 cm³/mol. The van der Waals surface area contributed by atoms with Gasteiger partial charge in [0.05, 0.1) is 18.3 Å². The molecule has 1 aromatic rings. The van der Waals surface area contributed by atoms with Crippen molar-refractivity contribution < 1.29 is 24.2 Å². The van der Waals surface area contributed by atoms with Gasteiger partial charge in [0, 0.05) is 32.8 Å². The van der Waals surface area contributed by atoms with Gasteiger partial charge in [-0.15, -0.1) is 0 Å². The molecular weight excluding hydrogens is 290 g/mol. The number of hydrogen-bond acceptors (Lipinski definition) is 5. The molecular formula is C14H17N3O5. The van der Waals surface area contributed by atoms with Crippen molar-refractivity contribution >= 4 is 17.8 Å². The molecule has 1 aromatic heterocycles. The molecule has 0 bridgehead atoms. The number of carbonyl (C=O) groups is 3. The van der Waals surface area contributed by atoms with E-state index in [-0.39, 0.29) is 23.6 Å². The van der Waals surface area contributed by atoms with Crippen LogP contribution in [0.15, 0.2) is 18.3 Å². The third-order valence-corrected chi connectivity index (χ3v) is 3.23. The lowest BCUT2D eigenvalue weighted by atomic mass is 10.2. The molecule has 0 aromatic carbocycles. The summed E-state index contributed by atoms with van der Waals surface area (Å²) < 4.78 is 5.49. The summed E-state index contributed by atoms with van der Waals surface area (Å²) in [6.45, 7) is 2.95. The van der Waals surface area contributed by atoms with Crippen molar-refractivity contribution in [2.75, 3.05) is 26.2 Å². The molecule has 8 nitrogen and oxygen atoms in total. The second-order valence-electron chi connectivity index (χ2n) is 4.92. The summed E-state index contributed by atoms with van der Waals surface area (Å²) in [6, 6.07) is 2.74. The number of nitrogens with zero attached hydrogens (tertiary/aromatic N) is 2. The molecule has 2 amide bonds. The lowest BCUT2D eigenvalue weighted by molar-refractivity contribution is -0.120. The molecule has 118 valence electrons. The predicted octanol–water partition coefficient (Wildman–Crippen LogP) is -0.243. The third kappa shape index (κ3) is 4.01. The van der Waals surface area contributed by atoms with Crippen LogP contribution in [0, 0.1) is 0 Å². The van der Waals surface area contributed by atoms with Gasteiger partial charge < -0.3 is 20.1 Å². The van der Waals surface area contributed by atoms with Crippen molar-refractivity contribution in [2.45, 2.75) is 13.0 Å². The number of aromatic carboxylic acids is 1. The Labute approximate surface area is 127 Å². The Morgan fingerprint density at radius 1 is 1.45 bits per heavy atom. The third-order valence-electron chi connectivity index (χ3n) is 3.23. The number of nitrogens with one attached hydrogen (secondary N) is 1. The van der Waals surface area contributed by atoms with Crippen molar-refractivity contribution in [3.63, 3.8) is 0 Å². The molecule has 22 heavy (non-hydrogen) atoms. The van der Waals surface area contributed by atoms with Gasteiger partial charge in [0.1, 0.15) is 5.69 Å². The maximum Gasteiger partial charge on any atom is 0.354 e. The van der Waals surface area contributed by atoms with E-state index in [0.29, 0.717) is 31.8 Å². The zero-order valence-corrected chi connectivity index (χ0v) is 12.1. The van der Waals surface area contributed by atoms with Crippen LogP contribution >= 0.6 is 0 Å². The largest absolute Gasteiger partial charge is 0.477 e. The first-order valence-electron chi connectivity index (χ1n) is 6.82. The van der Waals surface area contributed by atoms with Gasteiger partial charge in [-0.3, -0.25) is 9.59 Å². The van der Waals surface area contributed by atoms with Crippen molar-refractivity contribution in [1.82, 2.24) is 15.2 Å². The molecule has 0 radical (unpaired) electrons. The monoisotopic (exact) mass is 307 g/mol. The number of ether oxygens (including phenoxy) is 1. The summed E-state index contributed by atoms with van der Waals surface area (Å²) in [5.74, 6) is -1.53. The number of aromatic nitrogens is 1. The molecule has 8 heteroatoms. The van der Waals surface area contributed by atoms with Crippen LogP contribution in [0.2, 0.25) is 0 Å². The minimum absolute atomic E-state index is 0.109. The average Bonchev–Trinajstić information content (AvgIpc) is 2.52. The summed E-state index contributed by atoms with van der Waals surface area (Å²) in [4.78, 5) is 39.4. The van der Waals surface area contributed by atoms with Crippen molar-refractivity contribution in [2.24, 2.45) is 0 Å². The summed E-state index contributed by atoms with van der Waals surface area (Å²) >= 11 is 0. The van der Waals surface area contributed by atoms with Crippen LogP contribution in [0.5, 0.6) is 0 Å². The van der Waals surface area contributed by atoms with Crippen molar-refractivity contribution in [3.05, 3.63) is 29.6 Å². The highest BCUT2D eigenvalue weighted by molar-refractivity contribution is 5.95. The van der Waals surface area contributed by atoms with Gasteiger partial charge in [0.2, 0.25) is 5.91 Å². The number of hydrogen-bond donors (Lipinski definition) is 2. The van der Waals surface area contributed by atoms with Crippen LogP contribution in [-0.4, -0.2) is 65.1 Å². The maximum absolute atomic E-state index is 12.4. The summed E-state index contributed by atoms with van der Waals surface area (Å²) in [5.41, 5.74) is 0.215. The number of carboxylic acids is 1. The minimum Gasteiger partial charge on any atom is -0.477 e. The smallest absolute Gasteiger partial charge is 0.354 e. The molecule has 1 fully saturated rings. The Bertz CT molecular complexity index is 572. The Balaban J connectivity index is 1.99. The first-order valence-corrected chi connectivity index (χ1v) is 6.82. The summed E-state index contributed by atoms with van der Waals surface area (Å²) in [7, 11) is 0. The van der Waals surface area contributed by atoms with Crippen LogP contribution in [0.1, 0.15) is 27.8 Å². The van der Waals surface area contributed by atoms with Gasteiger partial charge in [0.25, 0.3) is 5.91 Å². The van der Waals surface area contributed by atoms with Crippen LogP contribution in [-0.2, 0) is 9.53 Å². The van der Waals surface area contributed by atoms with E-state index in [1.54, 1.807) is 4.90 Å². The summed E-state index contributed by atoms with van der Waals surface area (Å²) in [6.07, 6.45) is 0.997. The molecule has 1 unspecified atom stereocenters. The van der Waals surface area contributed by atoms with Crippen molar-refractivity contribution in [3.8, 4) is 0 Å². The van der Waals surface area contributed by atoms with E-state index in [0.717, 1.165) is 0 Å². The standard InChI is InChI=1S/C14H17N3O5/c1-9(18)15-7-11-8-17(4-5-22-11)13(19)10-2-3-12(14(20)21)16-6-10/h2-3,6,11H,4-5,7-8H2,1H3,(H,15,18)(H,20,21). The first-order chi connectivity index (χ1) is 10.5. The number of carbonyl (C=O) groups excluding carboxylic acids is 2. The van der Waals surface area contributed by atoms with E-state index in [1.165, 1.54) is 25.3 Å². The topological polar surface area (TPSA) is 109 Å². The quantitative estimate of drug-likeness (QED) is 0.794. The molecule has 1 aliphatic rings. The Morgan fingerprint density at radius 3 is 2.82 bits per heavy atom. The van der Waals surface area contributed by atoms with E-state index < -0.39 is 5.97 Å². The molecule has 2 rings (SSSR count). The normalized spacial score (nSPS) is 17.9. The van der Waals surface area contributed by atoms with E-state index in [1.807, 2.05) is 0 Å². The fourth-order valence-electron chi connectivity index (χ4n) is 2.11. The Kier molecular flexibility index (Phi) is 5.05. The Morgan fingerprint density at radius 2 is 2.23 bits per heavy atom. The number of pyridine rings is 1. The Hall–Kier alpha value is -2.48. The number of morpholine rings is 1. The zero-order chi connectivity index (χ0) is 16.1. The highest BCUT2D eigenvalue weighted by Crippen LogP contribution is 2.10. The van der Waals surface area contributed by atoms with Crippen LogP contribution in [0.25, 0.3) is 0 Å². The highest BCUT2D eigenvalue weighted by atomic mass is 16.5. The molecule has 1 atom stereocenters. The van der Waals surface area contributed by atoms with Crippen LogP contribution in [0.3, 0.4) is 0 Å². The van der Waals surface area contributed by atoms with E-state index in [4.69, 9.17) is 9.84 Å². The minimum atomic E-state index is -1.14. The van der Waals surface area contributed by atoms with Gasteiger partial charge in [-0.05, 0) is 12.1 Å². The lowest BCUT2D eigenvalue weighted by Gasteiger charge is -2.33. The van der Waals surface area contributed by atoms with Gasteiger partial charge in [-0.25, -0.2) is 9.78 Å². The van der Waals surface area contributed by atoms with Gasteiger partial charge >= 0.3 is 5.97 Å².